The molecule has 0 aliphatic rings. The Balaban J connectivity index is 2.15. The highest BCUT2D eigenvalue weighted by atomic mass is 79.9. The molecule has 4 nitrogen and oxygen atoms in total. The Labute approximate surface area is 111 Å². The van der Waals surface area contributed by atoms with E-state index in [2.05, 4.69) is 26.4 Å². The smallest absolute Gasteiger partial charge is 0.294 e. The Morgan fingerprint density at radius 3 is 2.82 bits per heavy atom. The van der Waals surface area contributed by atoms with Gasteiger partial charge in [-0.25, -0.2) is 0 Å². The molecule has 6 heteroatoms. The first kappa shape index (κ1) is 12.1. The van der Waals surface area contributed by atoms with Crippen molar-refractivity contribution in [2.24, 2.45) is 0 Å². The van der Waals surface area contributed by atoms with E-state index in [0.29, 0.717) is 16.4 Å². The highest BCUT2D eigenvalue weighted by molar-refractivity contribution is 9.10. The van der Waals surface area contributed by atoms with E-state index in [4.69, 9.17) is 16.1 Å². The normalized spacial score (nSPS) is 10.3. The van der Waals surface area contributed by atoms with Crippen molar-refractivity contribution >= 4 is 39.1 Å². The second-order valence-electron chi connectivity index (χ2n) is 3.42. The molecule has 0 bridgehead atoms. The van der Waals surface area contributed by atoms with Crippen LogP contribution in [0.1, 0.15) is 16.2 Å². The van der Waals surface area contributed by atoms with Crippen LogP contribution < -0.4 is 5.32 Å². The maximum Gasteiger partial charge on any atom is 0.294 e. The lowest BCUT2D eigenvalue weighted by molar-refractivity contribution is 0.0988. The second-order valence-corrected chi connectivity index (χ2v) is 4.68. The van der Waals surface area contributed by atoms with Gasteiger partial charge in [0.25, 0.3) is 5.91 Å². The number of benzene rings is 1. The molecule has 0 aliphatic carbocycles. The van der Waals surface area contributed by atoms with Crippen molar-refractivity contribution in [3.05, 3.63) is 45.2 Å². The lowest BCUT2D eigenvalue weighted by Gasteiger charge is -2.03. The third-order valence-electron chi connectivity index (χ3n) is 2.03. The van der Waals surface area contributed by atoms with E-state index >= 15 is 0 Å². The van der Waals surface area contributed by atoms with Crippen LogP contribution in [0.5, 0.6) is 0 Å². The molecule has 1 N–H and O–H groups in total. The third-order valence-corrected chi connectivity index (χ3v) is 3.26. The zero-order chi connectivity index (χ0) is 12.4. The number of rotatable bonds is 2. The molecule has 0 aliphatic heterocycles. The predicted octanol–water partition coefficient (Wildman–Crippen LogP) is 3.65. The first-order valence-corrected chi connectivity index (χ1v) is 5.93. The number of anilines is 1. The van der Waals surface area contributed by atoms with Gasteiger partial charge < -0.3 is 9.84 Å². The summed E-state index contributed by atoms with van der Waals surface area (Å²) in [6.07, 6.45) is 0. The van der Waals surface area contributed by atoms with Crippen LogP contribution in [-0.2, 0) is 0 Å². The molecular formula is C11H8BrClN2O2. The summed E-state index contributed by atoms with van der Waals surface area (Å²) < 4.78 is 5.62. The molecule has 2 rings (SSSR count). The van der Waals surface area contributed by atoms with Crippen molar-refractivity contribution in [2.75, 3.05) is 5.32 Å². The van der Waals surface area contributed by atoms with Gasteiger partial charge in [-0.15, -0.1) is 0 Å². The van der Waals surface area contributed by atoms with Gasteiger partial charge in [0, 0.05) is 16.2 Å². The fourth-order valence-electron chi connectivity index (χ4n) is 1.24. The van der Waals surface area contributed by atoms with Crippen LogP contribution in [0.4, 0.5) is 5.69 Å². The monoisotopic (exact) mass is 314 g/mol. The minimum Gasteiger partial charge on any atom is -0.351 e. The summed E-state index contributed by atoms with van der Waals surface area (Å²) >= 11 is 9.18. The molecule has 1 amide bonds. The van der Waals surface area contributed by atoms with E-state index in [1.165, 1.54) is 0 Å². The average molecular weight is 316 g/mol. The summed E-state index contributed by atoms with van der Waals surface area (Å²) in [6, 6.07) is 6.70. The number of aryl methyl sites for hydroxylation is 1. The van der Waals surface area contributed by atoms with E-state index in [0.717, 1.165) is 4.47 Å². The largest absolute Gasteiger partial charge is 0.351 e. The number of amides is 1. The highest BCUT2D eigenvalue weighted by Crippen LogP contribution is 2.25. The van der Waals surface area contributed by atoms with Gasteiger partial charge in [0.1, 0.15) is 0 Å². The first-order chi connectivity index (χ1) is 8.06. The van der Waals surface area contributed by atoms with Crippen molar-refractivity contribution in [1.29, 1.82) is 0 Å². The zero-order valence-corrected chi connectivity index (χ0v) is 11.2. The minimum atomic E-state index is -0.357. The van der Waals surface area contributed by atoms with Crippen molar-refractivity contribution in [2.45, 2.75) is 6.92 Å². The topological polar surface area (TPSA) is 55.1 Å². The maximum atomic E-state index is 11.7. The molecule has 0 unspecified atom stereocenters. The molecule has 1 heterocycles. The lowest BCUT2D eigenvalue weighted by atomic mass is 10.3. The third kappa shape index (κ3) is 2.87. The van der Waals surface area contributed by atoms with Gasteiger partial charge in [-0.3, -0.25) is 4.79 Å². The van der Waals surface area contributed by atoms with E-state index in [-0.39, 0.29) is 11.7 Å². The number of aromatic nitrogens is 1. The summed E-state index contributed by atoms with van der Waals surface area (Å²) in [5.41, 5.74) is 1.25. The van der Waals surface area contributed by atoms with Crippen molar-refractivity contribution < 1.29 is 9.32 Å². The maximum absolute atomic E-state index is 11.7. The predicted molar refractivity (Wildman–Crippen MR) is 68.3 cm³/mol. The van der Waals surface area contributed by atoms with Gasteiger partial charge in [0.05, 0.1) is 10.7 Å². The minimum absolute atomic E-state index is 0.168. The van der Waals surface area contributed by atoms with Gasteiger partial charge in [-0.05, 0) is 41.1 Å². The Hall–Kier alpha value is -1.33. The SMILES string of the molecule is Cc1cc(C(=O)Nc2ccc(Br)c(Cl)c2)on1. The van der Waals surface area contributed by atoms with E-state index in [1.54, 1.807) is 31.2 Å². The van der Waals surface area contributed by atoms with Gasteiger partial charge in [0.2, 0.25) is 5.76 Å². The van der Waals surface area contributed by atoms with Gasteiger partial charge in [-0.1, -0.05) is 16.8 Å². The zero-order valence-electron chi connectivity index (χ0n) is 8.83. The fraction of sp³-hybridized carbons (Fsp3) is 0.0909. The Morgan fingerprint density at radius 1 is 1.47 bits per heavy atom. The Morgan fingerprint density at radius 2 is 2.24 bits per heavy atom. The number of hydrogen-bond donors (Lipinski definition) is 1. The van der Waals surface area contributed by atoms with E-state index in [1.807, 2.05) is 0 Å². The molecule has 0 atom stereocenters. The molecule has 17 heavy (non-hydrogen) atoms. The first-order valence-electron chi connectivity index (χ1n) is 4.76. The van der Waals surface area contributed by atoms with Crippen LogP contribution in [-0.4, -0.2) is 11.1 Å². The number of halogens is 2. The van der Waals surface area contributed by atoms with E-state index < -0.39 is 0 Å². The van der Waals surface area contributed by atoms with Crippen LogP contribution in [0.25, 0.3) is 0 Å². The number of carbonyl (C=O) groups excluding carboxylic acids is 1. The number of nitrogens with zero attached hydrogens (tertiary/aromatic N) is 1. The lowest BCUT2D eigenvalue weighted by Crippen LogP contribution is -2.10. The fourth-order valence-corrected chi connectivity index (χ4v) is 1.66. The summed E-state index contributed by atoms with van der Waals surface area (Å²) in [4.78, 5) is 11.7. The van der Waals surface area contributed by atoms with Crippen LogP contribution in [0, 0.1) is 6.92 Å². The van der Waals surface area contributed by atoms with Gasteiger partial charge >= 0.3 is 0 Å². The van der Waals surface area contributed by atoms with Crippen molar-refractivity contribution in [1.82, 2.24) is 5.16 Å². The summed E-state index contributed by atoms with van der Waals surface area (Å²) in [5, 5.41) is 6.83. The van der Waals surface area contributed by atoms with Crippen LogP contribution in [0.3, 0.4) is 0 Å². The molecule has 1 aromatic heterocycles. The molecule has 1 aromatic carbocycles. The summed E-state index contributed by atoms with van der Waals surface area (Å²) in [6.45, 7) is 1.75. The summed E-state index contributed by atoms with van der Waals surface area (Å²) in [7, 11) is 0. The molecule has 0 saturated heterocycles. The molecular weight excluding hydrogens is 307 g/mol. The molecule has 0 radical (unpaired) electrons. The Kier molecular flexibility index (Phi) is 3.49. The standard InChI is InChI=1S/C11H8BrClN2O2/c1-6-4-10(17-15-6)11(16)14-7-2-3-8(12)9(13)5-7/h2-5H,1H3,(H,14,16). The van der Waals surface area contributed by atoms with E-state index in [9.17, 15) is 4.79 Å². The number of hydrogen-bond acceptors (Lipinski definition) is 3. The molecule has 0 saturated carbocycles. The molecule has 0 fully saturated rings. The van der Waals surface area contributed by atoms with Gasteiger partial charge in [-0.2, -0.15) is 0 Å². The second kappa shape index (κ2) is 4.89. The van der Waals surface area contributed by atoms with Gasteiger partial charge in [0.15, 0.2) is 0 Å². The molecule has 0 spiro atoms. The van der Waals surface area contributed by atoms with Crippen LogP contribution in [0.2, 0.25) is 5.02 Å². The van der Waals surface area contributed by atoms with Crippen LogP contribution in [0.15, 0.2) is 33.3 Å². The number of nitrogens with one attached hydrogen (secondary N) is 1. The average Bonchev–Trinajstić information content (AvgIpc) is 2.70. The quantitative estimate of drug-likeness (QED) is 0.920. The molecule has 88 valence electrons. The summed E-state index contributed by atoms with van der Waals surface area (Å²) in [5.74, 6) is -0.189. The Bertz CT molecular complexity index is 568. The number of carbonyl (C=O) groups is 1. The molecule has 2 aromatic rings. The van der Waals surface area contributed by atoms with Crippen LogP contribution >= 0.6 is 27.5 Å². The van der Waals surface area contributed by atoms with Crippen molar-refractivity contribution in [3.63, 3.8) is 0 Å². The van der Waals surface area contributed by atoms with Crippen molar-refractivity contribution in [3.8, 4) is 0 Å². The highest BCUT2D eigenvalue weighted by Gasteiger charge is 2.12.